The van der Waals surface area contributed by atoms with Crippen LogP contribution in [-0.2, 0) is 28.6 Å². The summed E-state index contributed by atoms with van der Waals surface area (Å²) in [6.45, 7) is 4.57. The zero-order valence-corrected chi connectivity index (χ0v) is 31.9. The predicted molar refractivity (Wildman–Crippen MR) is 201 cm³/mol. The smallest absolute Gasteiger partial charge is 0.362 e. The molecule has 0 aliphatic heterocycles. The van der Waals surface area contributed by atoms with Crippen LogP contribution in [0.2, 0.25) is 0 Å². The zero-order valence-electron chi connectivity index (χ0n) is 31.9. The normalized spacial score (nSPS) is 13.6. The van der Waals surface area contributed by atoms with E-state index in [9.17, 15) is 19.5 Å². The summed E-state index contributed by atoms with van der Waals surface area (Å²) in [5.74, 6) is -1.57. The van der Waals surface area contributed by atoms with Crippen molar-refractivity contribution < 1.29 is 38.2 Å². The third-order valence-corrected chi connectivity index (χ3v) is 8.28. The summed E-state index contributed by atoms with van der Waals surface area (Å²) in [5.41, 5.74) is 0. The van der Waals surface area contributed by atoms with Gasteiger partial charge in [0.15, 0.2) is 12.1 Å². The molecule has 0 bridgehead atoms. The summed E-state index contributed by atoms with van der Waals surface area (Å²) >= 11 is 0. The number of likely N-dealkylation sites (N-methyl/N-ethyl adjacent to an activating group) is 1. The lowest BCUT2D eigenvalue weighted by Gasteiger charge is -2.31. The second-order valence-electron chi connectivity index (χ2n) is 13.9. The monoisotopic (exact) mass is 691 g/mol. The fraction of sp³-hybridized carbons (Fsp3) is 0.732. The first-order valence-corrected chi connectivity index (χ1v) is 19.2. The zero-order chi connectivity index (χ0) is 36.4. The van der Waals surface area contributed by atoms with Crippen LogP contribution < -0.4 is 0 Å². The van der Waals surface area contributed by atoms with Gasteiger partial charge in [-0.15, -0.1) is 0 Å². The average molecular weight is 691 g/mol. The number of rotatable bonds is 33. The number of allylic oxidation sites excluding steroid dienone is 8. The first kappa shape index (κ1) is 46.3. The number of carbonyl (C=O) groups excluding carboxylic acids is 2. The SMILES string of the molecule is CCCCC/C=C/CCC(=O)OCC(COCCC(C(=O)O)[N+](C)(C)C)OC(=O)CCCCCCC/C=C/C=C/C=C/CCCCCCC. The van der Waals surface area contributed by atoms with Crippen LogP contribution in [0.15, 0.2) is 48.6 Å². The van der Waals surface area contributed by atoms with Crippen LogP contribution in [0.4, 0.5) is 0 Å². The highest BCUT2D eigenvalue weighted by Crippen LogP contribution is 2.12. The molecule has 49 heavy (non-hydrogen) atoms. The Kier molecular flexibility index (Phi) is 30.7. The Morgan fingerprint density at radius 1 is 0.612 bits per heavy atom. The maximum atomic E-state index is 12.6. The molecule has 8 heteroatoms. The quantitative estimate of drug-likeness (QED) is 0.0241. The number of hydrogen-bond acceptors (Lipinski definition) is 6. The molecule has 0 spiro atoms. The number of ether oxygens (including phenoxy) is 3. The highest BCUT2D eigenvalue weighted by molar-refractivity contribution is 5.72. The topological polar surface area (TPSA) is 99.1 Å². The van der Waals surface area contributed by atoms with Gasteiger partial charge in [-0.05, 0) is 51.4 Å². The van der Waals surface area contributed by atoms with Crippen molar-refractivity contribution in [3.63, 3.8) is 0 Å². The van der Waals surface area contributed by atoms with Gasteiger partial charge in [0.05, 0.1) is 34.4 Å². The number of nitrogens with zero attached hydrogens (tertiary/aromatic N) is 1. The molecule has 0 aromatic rings. The van der Waals surface area contributed by atoms with Gasteiger partial charge in [0, 0.05) is 19.3 Å². The Hall–Kier alpha value is -2.71. The Bertz CT molecular complexity index is 948. The minimum absolute atomic E-state index is 0.0396. The van der Waals surface area contributed by atoms with E-state index in [2.05, 4.69) is 56.4 Å². The molecule has 8 nitrogen and oxygen atoms in total. The van der Waals surface area contributed by atoms with Gasteiger partial charge in [-0.2, -0.15) is 0 Å². The van der Waals surface area contributed by atoms with Crippen LogP contribution in [0.1, 0.15) is 142 Å². The number of carboxylic acid groups (broad SMARTS) is 1. The van der Waals surface area contributed by atoms with E-state index in [-0.39, 0.29) is 42.7 Å². The molecule has 0 saturated carbocycles. The molecule has 0 aromatic carbocycles. The summed E-state index contributed by atoms with van der Waals surface area (Å²) in [6.07, 6.45) is 36.1. The van der Waals surface area contributed by atoms with Crippen LogP contribution in [0, 0.1) is 0 Å². The number of quaternary nitrogens is 1. The fourth-order valence-corrected chi connectivity index (χ4v) is 5.23. The number of esters is 2. The van der Waals surface area contributed by atoms with Gasteiger partial charge < -0.3 is 23.8 Å². The highest BCUT2D eigenvalue weighted by Gasteiger charge is 2.31. The summed E-state index contributed by atoms with van der Waals surface area (Å²) in [5, 5.41) is 9.56. The van der Waals surface area contributed by atoms with E-state index >= 15 is 0 Å². The molecule has 0 radical (unpaired) electrons. The molecule has 0 aliphatic carbocycles. The van der Waals surface area contributed by atoms with Gasteiger partial charge in [-0.1, -0.05) is 120 Å². The number of aliphatic carboxylic acids is 1. The molecule has 0 saturated heterocycles. The van der Waals surface area contributed by atoms with E-state index in [1.54, 1.807) is 0 Å². The van der Waals surface area contributed by atoms with E-state index in [0.717, 1.165) is 57.8 Å². The van der Waals surface area contributed by atoms with Gasteiger partial charge in [0.1, 0.15) is 6.61 Å². The number of hydrogen-bond donors (Lipinski definition) is 1. The molecule has 0 aromatic heterocycles. The first-order valence-electron chi connectivity index (χ1n) is 19.2. The van der Waals surface area contributed by atoms with Crippen molar-refractivity contribution >= 4 is 17.9 Å². The van der Waals surface area contributed by atoms with Crippen molar-refractivity contribution in [2.24, 2.45) is 0 Å². The molecule has 0 rings (SSSR count). The van der Waals surface area contributed by atoms with Crippen LogP contribution in [0.3, 0.4) is 0 Å². The van der Waals surface area contributed by atoms with Crippen LogP contribution in [0.5, 0.6) is 0 Å². The maximum Gasteiger partial charge on any atom is 0.362 e. The summed E-state index contributed by atoms with van der Waals surface area (Å²) in [7, 11) is 5.49. The number of carbonyl (C=O) groups is 3. The molecule has 1 N–H and O–H groups in total. The summed E-state index contributed by atoms with van der Waals surface area (Å²) in [6, 6.07) is -0.622. The fourth-order valence-electron chi connectivity index (χ4n) is 5.23. The largest absolute Gasteiger partial charge is 0.477 e. The molecular formula is C41H72NO7+. The van der Waals surface area contributed by atoms with Crippen LogP contribution in [0.25, 0.3) is 0 Å². The lowest BCUT2D eigenvalue weighted by atomic mass is 10.1. The number of carboxylic acids is 1. The Labute approximate surface area is 299 Å². The molecule has 0 aliphatic rings. The van der Waals surface area contributed by atoms with E-state index in [4.69, 9.17) is 14.2 Å². The van der Waals surface area contributed by atoms with Crippen molar-refractivity contribution in [1.82, 2.24) is 0 Å². The summed E-state index contributed by atoms with van der Waals surface area (Å²) < 4.78 is 17.1. The van der Waals surface area contributed by atoms with E-state index in [1.807, 2.05) is 27.2 Å². The average Bonchev–Trinajstić information content (AvgIpc) is 3.05. The molecule has 0 fully saturated rings. The van der Waals surface area contributed by atoms with E-state index < -0.39 is 18.1 Å². The van der Waals surface area contributed by atoms with Gasteiger partial charge in [0.25, 0.3) is 0 Å². The Morgan fingerprint density at radius 2 is 1.14 bits per heavy atom. The van der Waals surface area contributed by atoms with Crippen molar-refractivity contribution in [2.75, 3.05) is 41.0 Å². The molecule has 2 unspecified atom stereocenters. The predicted octanol–water partition coefficient (Wildman–Crippen LogP) is 9.68. The summed E-state index contributed by atoms with van der Waals surface area (Å²) in [4.78, 5) is 36.6. The lowest BCUT2D eigenvalue weighted by molar-refractivity contribution is -0.887. The van der Waals surface area contributed by atoms with Crippen molar-refractivity contribution in [3.05, 3.63) is 48.6 Å². The van der Waals surface area contributed by atoms with Gasteiger partial charge in [-0.3, -0.25) is 9.59 Å². The Balaban J connectivity index is 4.42. The minimum Gasteiger partial charge on any atom is -0.477 e. The molecule has 0 heterocycles. The van der Waals surface area contributed by atoms with Crippen molar-refractivity contribution in [1.29, 1.82) is 0 Å². The van der Waals surface area contributed by atoms with Crippen LogP contribution in [-0.4, -0.2) is 80.6 Å². The van der Waals surface area contributed by atoms with Crippen molar-refractivity contribution in [3.8, 4) is 0 Å². The van der Waals surface area contributed by atoms with Crippen LogP contribution >= 0.6 is 0 Å². The van der Waals surface area contributed by atoms with E-state index in [0.29, 0.717) is 19.3 Å². The van der Waals surface area contributed by atoms with E-state index in [1.165, 1.54) is 44.9 Å². The standard InChI is InChI=1S/C41H71NO7/c1-6-8-10-12-14-15-16-17-18-19-20-21-22-23-24-26-28-30-32-40(44)49-37(35-47-34-33-38(41(45)46)42(3,4)5)36-48-39(43)31-29-27-25-13-11-9-7-2/h16-21,25,27,37-38H,6-15,22-24,26,28-36H2,1-5H3/p+1/b17-16+,19-18+,21-20+,27-25+. The maximum absolute atomic E-state index is 12.6. The van der Waals surface area contributed by atoms with Gasteiger partial charge >= 0.3 is 17.9 Å². The first-order chi connectivity index (χ1) is 23.6. The number of unbranched alkanes of at least 4 members (excludes halogenated alkanes) is 13. The molecular weight excluding hydrogens is 618 g/mol. The second-order valence-corrected chi connectivity index (χ2v) is 13.9. The minimum atomic E-state index is -0.886. The highest BCUT2D eigenvalue weighted by atomic mass is 16.6. The molecule has 282 valence electrons. The third-order valence-electron chi connectivity index (χ3n) is 8.28. The Morgan fingerprint density at radius 3 is 1.76 bits per heavy atom. The molecule has 0 amide bonds. The second kappa shape index (κ2) is 32.5. The molecule has 2 atom stereocenters. The third kappa shape index (κ3) is 31.0. The lowest BCUT2D eigenvalue weighted by Crippen LogP contribution is -2.50. The van der Waals surface area contributed by atoms with Gasteiger partial charge in [-0.25, -0.2) is 4.79 Å². The van der Waals surface area contributed by atoms with Gasteiger partial charge in [0.2, 0.25) is 0 Å². The van der Waals surface area contributed by atoms with Crippen molar-refractivity contribution in [2.45, 2.75) is 154 Å².